The number of amides is 2. The van der Waals surface area contributed by atoms with E-state index in [1.54, 1.807) is 12.1 Å². The van der Waals surface area contributed by atoms with Crippen LogP contribution in [0.25, 0.3) is 0 Å². The summed E-state index contributed by atoms with van der Waals surface area (Å²) in [7, 11) is 0. The average Bonchev–Trinajstić information content (AvgIpc) is 2.54. The van der Waals surface area contributed by atoms with E-state index in [1.165, 1.54) is 0 Å². The second-order valence-electron chi connectivity index (χ2n) is 6.18. The number of hydrogen-bond donors (Lipinski definition) is 3. The molecule has 3 N–H and O–H groups in total. The number of carbonyl (C=O) groups is 2. The SMILES string of the molecule is CC(C)CNC(=O)c1ccccc1NC(=O)[C@@H]1CCCNC1. The van der Waals surface area contributed by atoms with Gasteiger partial charge in [-0.25, -0.2) is 0 Å². The lowest BCUT2D eigenvalue weighted by Crippen LogP contribution is -2.37. The van der Waals surface area contributed by atoms with Crippen LogP contribution in [0.2, 0.25) is 0 Å². The van der Waals surface area contributed by atoms with Crippen LogP contribution in [0.5, 0.6) is 0 Å². The van der Waals surface area contributed by atoms with Crippen LogP contribution in [0.3, 0.4) is 0 Å². The summed E-state index contributed by atoms with van der Waals surface area (Å²) in [6.45, 7) is 6.38. The molecule has 1 aliphatic heterocycles. The molecule has 2 rings (SSSR count). The number of carbonyl (C=O) groups excluding carboxylic acids is 2. The summed E-state index contributed by atoms with van der Waals surface area (Å²) in [4.78, 5) is 24.6. The van der Waals surface area contributed by atoms with Crippen molar-refractivity contribution in [3.63, 3.8) is 0 Å². The minimum atomic E-state index is -0.147. The Balaban J connectivity index is 2.04. The van der Waals surface area contributed by atoms with E-state index in [1.807, 2.05) is 26.0 Å². The highest BCUT2D eigenvalue weighted by atomic mass is 16.2. The predicted octanol–water partition coefficient (Wildman–Crippen LogP) is 2.01. The summed E-state index contributed by atoms with van der Waals surface area (Å²) in [6, 6.07) is 7.15. The zero-order valence-corrected chi connectivity index (χ0v) is 13.3. The largest absolute Gasteiger partial charge is 0.352 e. The number of piperidine rings is 1. The van der Waals surface area contributed by atoms with E-state index < -0.39 is 0 Å². The van der Waals surface area contributed by atoms with Gasteiger partial charge in [0.05, 0.1) is 17.2 Å². The Kier molecular flexibility index (Phi) is 5.95. The van der Waals surface area contributed by atoms with Gasteiger partial charge in [-0.2, -0.15) is 0 Å². The Morgan fingerprint density at radius 1 is 1.32 bits per heavy atom. The minimum Gasteiger partial charge on any atom is -0.352 e. The molecule has 1 aromatic rings. The Labute approximate surface area is 131 Å². The van der Waals surface area contributed by atoms with Crippen LogP contribution in [-0.2, 0) is 4.79 Å². The number of para-hydroxylation sites is 1. The average molecular weight is 303 g/mol. The van der Waals surface area contributed by atoms with Gasteiger partial charge < -0.3 is 16.0 Å². The molecule has 120 valence electrons. The Hall–Kier alpha value is -1.88. The van der Waals surface area contributed by atoms with E-state index in [0.29, 0.717) is 30.3 Å². The molecule has 2 amide bonds. The van der Waals surface area contributed by atoms with Gasteiger partial charge in [-0.15, -0.1) is 0 Å². The lowest BCUT2D eigenvalue weighted by molar-refractivity contribution is -0.120. The van der Waals surface area contributed by atoms with Crippen LogP contribution >= 0.6 is 0 Å². The molecule has 0 aromatic heterocycles. The smallest absolute Gasteiger partial charge is 0.253 e. The fraction of sp³-hybridized carbons (Fsp3) is 0.529. The maximum Gasteiger partial charge on any atom is 0.253 e. The number of rotatable bonds is 5. The van der Waals surface area contributed by atoms with Crippen molar-refractivity contribution in [3.05, 3.63) is 29.8 Å². The molecule has 0 radical (unpaired) electrons. The summed E-state index contributed by atoms with van der Waals surface area (Å²) in [5.41, 5.74) is 1.10. The van der Waals surface area contributed by atoms with Gasteiger partial charge in [0, 0.05) is 13.1 Å². The number of benzene rings is 1. The minimum absolute atomic E-state index is 0.0173. The van der Waals surface area contributed by atoms with Crippen molar-refractivity contribution in [2.24, 2.45) is 11.8 Å². The van der Waals surface area contributed by atoms with Gasteiger partial charge in [-0.1, -0.05) is 26.0 Å². The molecular weight excluding hydrogens is 278 g/mol. The van der Waals surface area contributed by atoms with Crippen molar-refractivity contribution in [2.45, 2.75) is 26.7 Å². The molecule has 0 spiro atoms. The first-order valence-corrected chi connectivity index (χ1v) is 7.96. The van der Waals surface area contributed by atoms with Crippen LogP contribution in [0.15, 0.2) is 24.3 Å². The van der Waals surface area contributed by atoms with Crippen molar-refractivity contribution >= 4 is 17.5 Å². The molecule has 1 aromatic carbocycles. The van der Waals surface area contributed by atoms with Crippen LogP contribution in [-0.4, -0.2) is 31.4 Å². The van der Waals surface area contributed by atoms with E-state index in [-0.39, 0.29) is 17.7 Å². The summed E-state index contributed by atoms with van der Waals surface area (Å²) >= 11 is 0. The molecule has 1 heterocycles. The van der Waals surface area contributed by atoms with Crippen molar-refractivity contribution in [1.82, 2.24) is 10.6 Å². The third kappa shape index (κ3) is 4.56. The van der Waals surface area contributed by atoms with Crippen molar-refractivity contribution < 1.29 is 9.59 Å². The third-order valence-electron chi connectivity index (χ3n) is 3.77. The van der Waals surface area contributed by atoms with E-state index in [9.17, 15) is 9.59 Å². The maximum absolute atomic E-state index is 12.3. The second kappa shape index (κ2) is 7.94. The van der Waals surface area contributed by atoms with E-state index in [2.05, 4.69) is 16.0 Å². The van der Waals surface area contributed by atoms with Gasteiger partial charge in [-0.3, -0.25) is 9.59 Å². The summed E-state index contributed by atoms with van der Waals surface area (Å²) in [5.74, 6) is 0.197. The van der Waals surface area contributed by atoms with Gasteiger partial charge in [0.25, 0.3) is 5.91 Å². The highest BCUT2D eigenvalue weighted by molar-refractivity contribution is 6.04. The predicted molar refractivity (Wildman–Crippen MR) is 87.8 cm³/mol. The number of anilines is 1. The molecule has 0 aliphatic carbocycles. The first-order chi connectivity index (χ1) is 10.6. The van der Waals surface area contributed by atoms with Crippen molar-refractivity contribution in [3.8, 4) is 0 Å². The van der Waals surface area contributed by atoms with Crippen LogP contribution in [0.1, 0.15) is 37.0 Å². The highest BCUT2D eigenvalue weighted by Crippen LogP contribution is 2.18. The van der Waals surface area contributed by atoms with E-state index >= 15 is 0 Å². The first kappa shape index (κ1) is 16.5. The molecular formula is C17H25N3O2. The molecule has 1 fully saturated rings. The molecule has 1 saturated heterocycles. The molecule has 1 atom stereocenters. The zero-order chi connectivity index (χ0) is 15.9. The topological polar surface area (TPSA) is 70.2 Å². The third-order valence-corrected chi connectivity index (χ3v) is 3.77. The van der Waals surface area contributed by atoms with Crippen molar-refractivity contribution in [2.75, 3.05) is 25.0 Å². The molecule has 5 heteroatoms. The molecule has 1 aliphatic rings. The fourth-order valence-electron chi connectivity index (χ4n) is 2.49. The van der Waals surface area contributed by atoms with Gasteiger partial charge >= 0.3 is 0 Å². The normalized spacial score (nSPS) is 18.0. The molecule has 0 unspecified atom stereocenters. The molecule has 5 nitrogen and oxygen atoms in total. The summed E-state index contributed by atoms with van der Waals surface area (Å²) in [5, 5.41) is 9.03. The fourth-order valence-corrected chi connectivity index (χ4v) is 2.49. The summed E-state index contributed by atoms with van der Waals surface area (Å²) in [6.07, 6.45) is 1.90. The Morgan fingerprint density at radius 3 is 2.77 bits per heavy atom. The quantitative estimate of drug-likeness (QED) is 0.779. The molecule has 0 saturated carbocycles. The highest BCUT2D eigenvalue weighted by Gasteiger charge is 2.22. The standard InChI is InChI=1S/C17H25N3O2/c1-12(2)10-19-17(22)14-7-3-4-8-15(14)20-16(21)13-6-5-9-18-11-13/h3-4,7-8,12-13,18H,5-6,9-11H2,1-2H3,(H,19,22)(H,20,21)/t13-/m1/s1. The first-order valence-electron chi connectivity index (χ1n) is 7.96. The van der Waals surface area contributed by atoms with Gasteiger partial charge in [-0.05, 0) is 37.4 Å². The summed E-state index contributed by atoms with van der Waals surface area (Å²) < 4.78 is 0. The van der Waals surface area contributed by atoms with E-state index in [0.717, 1.165) is 19.4 Å². The van der Waals surface area contributed by atoms with Crippen LogP contribution in [0.4, 0.5) is 5.69 Å². The number of nitrogens with one attached hydrogen (secondary N) is 3. The zero-order valence-electron chi connectivity index (χ0n) is 13.3. The Morgan fingerprint density at radius 2 is 2.09 bits per heavy atom. The maximum atomic E-state index is 12.3. The van der Waals surface area contributed by atoms with Crippen molar-refractivity contribution in [1.29, 1.82) is 0 Å². The van der Waals surface area contributed by atoms with Crippen LogP contribution in [0, 0.1) is 11.8 Å². The molecule has 22 heavy (non-hydrogen) atoms. The number of hydrogen-bond acceptors (Lipinski definition) is 3. The van der Waals surface area contributed by atoms with Gasteiger partial charge in [0.15, 0.2) is 0 Å². The lowest BCUT2D eigenvalue weighted by atomic mass is 9.98. The van der Waals surface area contributed by atoms with Gasteiger partial charge in [0.2, 0.25) is 5.91 Å². The Bertz CT molecular complexity index is 522. The lowest BCUT2D eigenvalue weighted by Gasteiger charge is -2.22. The monoisotopic (exact) mass is 303 g/mol. The van der Waals surface area contributed by atoms with Gasteiger partial charge in [0.1, 0.15) is 0 Å². The molecule has 0 bridgehead atoms. The second-order valence-corrected chi connectivity index (χ2v) is 6.18. The van der Waals surface area contributed by atoms with Crippen LogP contribution < -0.4 is 16.0 Å². The van der Waals surface area contributed by atoms with E-state index in [4.69, 9.17) is 0 Å².